The quantitative estimate of drug-likeness (QED) is 0.700. The summed E-state index contributed by atoms with van der Waals surface area (Å²) in [6, 6.07) is 2.82. The van der Waals surface area contributed by atoms with Crippen LogP contribution >= 0.6 is 0 Å². The summed E-state index contributed by atoms with van der Waals surface area (Å²) in [6.07, 6.45) is 1.61. The molecule has 0 spiro atoms. The fourth-order valence-corrected chi connectivity index (χ4v) is 1.33. The Hall–Kier alpha value is -1.58. The van der Waals surface area contributed by atoms with Crippen LogP contribution in [0.2, 0.25) is 0 Å². The molecule has 15 heavy (non-hydrogen) atoms. The second-order valence-electron chi connectivity index (χ2n) is 3.00. The topological polar surface area (TPSA) is 35.5 Å². The summed E-state index contributed by atoms with van der Waals surface area (Å²) in [5, 5.41) is 0. The van der Waals surface area contributed by atoms with Crippen molar-refractivity contribution in [3.8, 4) is 11.5 Å². The summed E-state index contributed by atoms with van der Waals surface area (Å²) >= 11 is 0. The van der Waals surface area contributed by atoms with Gasteiger partial charge in [0.15, 0.2) is 11.6 Å². The average molecular weight is 212 g/mol. The molecule has 1 aromatic rings. The van der Waals surface area contributed by atoms with Gasteiger partial charge in [0.1, 0.15) is 12.0 Å². The van der Waals surface area contributed by atoms with Crippen molar-refractivity contribution in [2.24, 2.45) is 0 Å². The van der Waals surface area contributed by atoms with Crippen LogP contribution in [0.3, 0.4) is 0 Å². The summed E-state index contributed by atoms with van der Waals surface area (Å²) in [5.41, 5.74) is 0.669. The molecule has 0 saturated heterocycles. The summed E-state index contributed by atoms with van der Waals surface area (Å²) in [5.74, 6) is 0.232. The maximum atomic E-state index is 13.3. The number of aldehydes is 1. The minimum absolute atomic E-state index is 0.140. The lowest BCUT2D eigenvalue weighted by atomic mass is 10.1. The number of hydrogen-bond acceptors (Lipinski definition) is 3. The zero-order valence-corrected chi connectivity index (χ0v) is 8.75. The lowest BCUT2D eigenvalue weighted by Gasteiger charge is -2.10. The Morgan fingerprint density at radius 1 is 1.27 bits per heavy atom. The van der Waals surface area contributed by atoms with Gasteiger partial charge in [-0.15, -0.1) is 0 Å². The molecule has 0 saturated carbocycles. The number of hydrogen-bond donors (Lipinski definition) is 0. The molecule has 0 aliphatic heterocycles. The van der Waals surface area contributed by atoms with Crippen LogP contribution in [-0.4, -0.2) is 20.5 Å². The number of halogens is 1. The molecule has 0 bridgehead atoms. The SMILES string of the molecule is COc1cc(OC)c(CCC=O)cc1F. The van der Waals surface area contributed by atoms with E-state index in [2.05, 4.69) is 0 Å². The Balaban J connectivity index is 3.03. The summed E-state index contributed by atoms with van der Waals surface area (Å²) in [4.78, 5) is 10.2. The highest BCUT2D eigenvalue weighted by atomic mass is 19.1. The Morgan fingerprint density at radius 2 is 1.93 bits per heavy atom. The van der Waals surface area contributed by atoms with Gasteiger partial charge >= 0.3 is 0 Å². The van der Waals surface area contributed by atoms with Crippen LogP contribution in [0.5, 0.6) is 11.5 Å². The van der Waals surface area contributed by atoms with Gasteiger partial charge in [-0.1, -0.05) is 0 Å². The highest BCUT2D eigenvalue weighted by molar-refractivity contribution is 5.51. The van der Waals surface area contributed by atoms with Crippen molar-refractivity contribution in [1.29, 1.82) is 0 Å². The highest BCUT2D eigenvalue weighted by Gasteiger charge is 2.10. The molecule has 0 aliphatic carbocycles. The van der Waals surface area contributed by atoms with Gasteiger partial charge < -0.3 is 14.3 Å². The van der Waals surface area contributed by atoms with Crippen LogP contribution in [0.4, 0.5) is 4.39 Å². The summed E-state index contributed by atoms with van der Waals surface area (Å²) in [6.45, 7) is 0. The molecule has 0 heterocycles. The molecular formula is C11H13FO3. The number of benzene rings is 1. The van der Waals surface area contributed by atoms with E-state index in [0.717, 1.165) is 6.29 Å². The minimum atomic E-state index is -0.445. The Morgan fingerprint density at radius 3 is 2.47 bits per heavy atom. The van der Waals surface area contributed by atoms with Crippen LogP contribution in [-0.2, 0) is 11.2 Å². The second kappa shape index (κ2) is 5.34. The van der Waals surface area contributed by atoms with Crippen LogP contribution in [0.15, 0.2) is 12.1 Å². The van der Waals surface area contributed by atoms with Crippen molar-refractivity contribution < 1.29 is 18.7 Å². The molecule has 82 valence electrons. The lowest BCUT2D eigenvalue weighted by Crippen LogP contribution is -1.97. The van der Waals surface area contributed by atoms with E-state index < -0.39 is 5.82 Å². The van der Waals surface area contributed by atoms with Crippen molar-refractivity contribution in [3.05, 3.63) is 23.5 Å². The number of carbonyl (C=O) groups is 1. The normalized spacial score (nSPS) is 9.80. The molecule has 0 unspecified atom stereocenters. The molecule has 1 rings (SSSR count). The predicted octanol–water partition coefficient (Wildman–Crippen LogP) is 1.97. The van der Waals surface area contributed by atoms with Crippen LogP contribution in [0.1, 0.15) is 12.0 Å². The van der Waals surface area contributed by atoms with Crippen molar-refractivity contribution >= 4 is 6.29 Å². The van der Waals surface area contributed by atoms with Crippen molar-refractivity contribution in [1.82, 2.24) is 0 Å². The number of methoxy groups -OCH3 is 2. The van der Waals surface area contributed by atoms with E-state index in [-0.39, 0.29) is 5.75 Å². The van der Waals surface area contributed by atoms with Gasteiger partial charge in [0.05, 0.1) is 14.2 Å². The molecule has 1 aromatic carbocycles. The Bertz CT molecular complexity index is 350. The molecule has 0 aromatic heterocycles. The van der Waals surface area contributed by atoms with E-state index in [4.69, 9.17) is 9.47 Å². The zero-order chi connectivity index (χ0) is 11.3. The highest BCUT2D eigenvalue weighted by Crippen LogP contribution is 2.28. The van der Waals surface area contributed by atoms with E-state index in [1.807, 2.05) is 0 Å². The van der Waals surface area contributed by atoms with Crippen LogP contribution in [0, 0.1) is 5.82 Å². The smallest absolute Gasteiger partial charge is 0.165 e. The van der Waals surface area contributed by atoms with E-state index in [9.17, 15) is 9.18 Å². The van der Waals surface area contributed by atoms with Crippen LogP contribution < -0.4 is 9.47 Å². The van der Waals surface area contributed by atoms with E-state index in [1.165, 1.54) is 26.4 Å². The Kier molecular flexibility index (Phi) is 4.09. The first-order valence-corrected chi connectivity index (χ1v) is 4.57. The van der Waals surface area contributed by atoms with Crippen molar-refractivity contribution in [3.63, 3.8) is 0 Å². The largest absolute Gasteiger partial charge is 0.496 e. The van der Waals surface area contributed by atoms with Crippen molar-refractivity contribution in [2.75, 3.05) is 14.2 Å². The third-order valence-electron chi connectivity index (χ3n) is 2.09. The fourth-order valence-electron chi connectivity index (χ4n) is 1.33. The predicted molar refractivity (Wildman–Crippen MR) is 53.9 cm³/mol. The molecule has 0 amide bonds. The zero-order valence-electron chi connectivity index (χ0n) is 8.75. The van der Waals surface area contributed by atoms with E-state index in [0.29, 0.717) is 24.2 Å². The molecular weight excluding hydrogens is 199 g/mol. The number of aryl methyl sites for hydroxylation is 1. The molecule has 0 fully saturated rings. The standard InChI is InChI=1S/C11H13FO3/c1-14-10-7-11(15-2)9(12)6-8(10)4-3-5-13/h5-7H,3-4H2,1-2H3. The van der Waals surface area contributed by atoms with Gasteiger partial charge in [0.25, 0.3) is 0 Å². The lowest BCUT2D eigenvalue weighted by molar-refractivity contribution is -0.107. The monoisotopic (exact) mass is 212 g/mol. The third-order valence-corrected chi connectivity index (χ3v) is 2.09. The maximum Gasteiger partial charge on any atom is 0.165 e. The Labute approximate surface area is 87.8 Å². The van der Waals surface area contributed by atoms with E-state index in [1.54, 1.807) is 0 Å². The van der Waals surface area contributed by atoms with Gasteiger partial charge in [-0.3, -0.25) is 0 Å². The first-order chi connectivity index (χ1) is 7.22. The average Bonchev–Trinajstić information content (AvgIpc) is 2.26. The summed E-state index contributed by atoms with van der Waals surface area (Å²) < 4.78 is 23.2. The number of carbonyl (C=O) groups excluding carboxylic acids is 1. The van der Waals surface area contributed by atoms with Gasteiger partial charge in [0, 0.05) is 12.5 Å². The fraction of sp³-hybridized carbons (Fsp3) is 0.364. The molecule has 0 atom stereocenters. The van der Waals surface area contributed by atoms with Gasteiger partial charge in [-0.25, -0.2) is 4.39 Å². The van der Waals surface area contributed by atoms with Crippen molar-refractivity contribution in [2.45, 2.75) is 12.8 Å². The molecule has 0 radical (unpaired) electrons. The summed E-state index contributed by atoms with van der Waals surface area (Å²) in [7, 11) is 2.89. The van der Waals surface area contributed by atoms with Gasteiger partial charge in [0.2, 0.25) is 0 Å². The van der Waals surface area contributed by atoms with Gasteiger partial charge in [-0.2, -0.15) is 0 Å². The third kappa shape index (κ3) is 2.68. The van der Waals surface area contributed by atoms with Gasteiger partial charge in [-0.05, 0) is 18.1 Å². The molecule has 4 heteroatoms. The number of rotatable bonds is 5. The number of ether oxygens (including phenoxy) is 2. The van der Waals surface area contributed by atoms with E-state index >= 15 is 0 Å². The first-order valence-electron chi connectivity index (χ1n) is 4.57. The minimum Gasteiger partial charge on any atom is -0.496 e. The van der Waals surface area contributed by atoms with Crippen LogP contribution in [0.25, 0.3) is 0 Å². The second-order valence-corrected chi connectivity index (χ2v) is 3.00. The first kappa shape index (κ1) is 11.5. The molecule has 0 aliphatic rings. The molecule has 0 N–H and O–H groups in total. The maximum absolute atomic E-state index is 13.3. The molecule has 3 nitrogen and oxygen atoms in total.